The van der Waals surface area contributed by atoms with Crippen LogP contribution >= 0.6 is 0 Å². The van der Waals surface area contributed by atoms with Crippen molar-refractivity contribution in [2.75, 3.05) is 6.54 Å². The van der Waals surface area contributed by atoms with Gasteiger partial charge in [0.05, 0.1) is 24.0 Å². The van der Waals surface area contributed by atoms with Gasteiger partial charge in [-0.2, -0.15) is 5.10 Å². The Bertz CT molecular complexity index is 718. The molecule has 23 heavy (non-hydrogen) atoms. The fraction of sp³-hybridized carbons (Fsp3) is 0.500. The van der Waals surface area contributed by atoms with E-state index in [0.717, 1.165) is 24.4 Å². The molecular formula is C16H21N5O2. The maximum atomic E-state index is 12.8. The van der Waals surface area contributed by atoms with Crippen molar-refractivity contribution >= 4 is 5.91 Å². The number of hydrogen-bond acceptors (Lipinski definition) is 5. The van der Waals surface area contributed by atoms with Gasteiger partial charge in [0.25, 0.3) is 5.91 Å². The van der Waals surface area contributed by atoms with Crippen LogP contribution in [-0.4, -0.2) is 42.2 Å². The van der Waals surface area contributed by atoms with Gasteiger partial charge in [-0.15, -0.1) is 0 Å². The Kier molecular flexibility index (Phi) is 4.12. The highest BCUT2D eigenvalue weighted by molar-refractivity contribution is 5.92. The minimum atomic E-state index is -0.606. The highest BCUT2D eigenvalue weighted by atomic mass is 16.3. The van der Waals surface area contributed by atoms with Crippen LogP contribution in [0.25, 0.3) is 0 Å². The molecule has 0 aliphatic carbocycles. The van der Waals surface area contributed by atoms with E-state index in [0.29, 0.717) is 30.3 Å². The van der Waals surface area contributed by atoms with E-state index in [-0.39, 0.29) is 5.91 Å². The van der Waals surface area contributed by atoms with Crippen LogP contribution in [-0.2, 0) is 13.1 Å². The Labute approximate surface area is 135 Å². The number of aryl methyl sites for hydroxylation is 3. The number of rotatable bonds is 2. The Balaban J connectivity index is 1.86. The van der Waals surface area contributed by atoms with Gasteiger partial charge in [0.15, 0.2) is 0 Å². The quantitative estimate of drug-likeness (QED) is 0.905. The molecule has 0 saturated carbocycles. The molecule has 7 heteroatoms. The number of amides is 1. The molecule has 0 fully saturated rings. The summed E-state index contributed by atoms with van der Waals surface area (Å²) in [6.07, 6.45) is 0.216. The molecule has 0 radical (unpaired) electrons. The Morgan fingerprint density at radius 2 is 2.04 bits per heavy atom. The number of nitrogens with zero attached hydrogens (tertiary/aromatic N) is 5. The van der Waals surface area contributed by atoms with Crippen LogP contribution in [0.1, 0.15) is 52.8 Å². The second kappa shape index (κ2) is 6.08. The van der Waals surface area contributed by atoms with Gasteiger partial charge in [-0.3, -0.25) is 9.48 Å². The van der Waals surface area contributed by atoms with Crippen LogP contribution in [0.4, 0.5) is 0 Å². The third-order valence-electron chi connectivity index (χ3n) is 3.93. The Morgan fingerprint density at radius 3 is 2.74 bits per heavy atom. The summed E-state index contributed by atoms with van der Waals surface area (Å²) in [5.41, 5.74) is 2.80. The van der Waals surface area contributed by atoms with E-state index in [9.17, 15) is 9.90 Å². The van der Waals surface area contributed by atoms with Crippen molar-refractivity contribution in [3.8, 4) is 0 Å². The maximum absolute atomic E-state index is 12.8. The summed E-state index contributed by atoms with van der Waals surface area (Å²) < 4.78 is 1.88. The zero-order valence-electron chi connectivity index (χ0n) is 13.7. The Morgan fingerprint density at radius 1 is 1.26 bits per heavy atom. The van der Waals surface area contributed by atoms with Crippen LogP contribution in [0.2, 0.25) is 0 Å². The molecule has 1 unspecified atom stereocenters. The van der Waals surface area contributed by atoms with Gasteiger partial charge in [-0.25, -0.2) is 9.97 Å². The lowest BCUT2D eigenvalue weighted by Gasteiger charge is -2.19. The first kappa shape index (κ1) is 15.6. The fourth-order valence-corrected chi connectivity index (χ4v) is 2.85. The number of aliphatic hydroxyl groups excluding tert-OH is 1. The van der Waals surface area contributed by atoms with Crippen molar-refractivity contribution in [1.82, 2.24) is 24.6 Å². The topological polar surface area (TPSA) is 84.1 Å². The van der Waals surface area contributed by atoms with Crippen LogP contribution in [0, 0.1) is 13.8 Å². The maximum Gasteiger partial charge on any atom is 0.272 e. The highest BCUT2D eigenvalue weighted by Crippen LogP contribution is 2.19. The summed E-state index contributed by atoms with van der Waals surface area (Å²) >= 11 is 0. The predicted molar refractivity (Wildman–Crippen MR) is 83.7 cm³/mol. The van der Waals surface area contributed by atoms with Gasteiger partial charge >= 0.3 is 0 Å². The molecule has 2 aromatic rings. The standard InChI is InChI=1S/C16H21N5O2/c1-10-7-15(18-12(3)17-10)16(23)20-5-4-6-21-13(9-20)8-14(19-21)11(2)22/h7-8,11,22H,4-6,9H2,1-3H3. The predicted octanol–water partition coefficient (Wildman–Crippen LogP) is 1.39. The van der Waals surface area contributed by atoms with Crippen molar-refractivity contribution in [3.63, 3.8) is 0 Å². The van der Waals surface area contributed by atoms with Gasteiger partial charge in [-0.1, -0.05) is 0 Å². The molecule has 0 bridgehead atoms. The zero-order valence-corrected chi connectivity index (χ0v) is 13.7. The molecule has 1 aliphatic heterocycles. The first-order chi connectivity index (χ1) is 10.9. The van der Waals surface area contributed by atoms with E-state index in [1.165, 1.54) is 0 Å². The summed E-state index contributed by atoms with van der Waals surface area (Å²) in [6, 6.07) is 3.59. The number of carbonyl (C=O) groups is 1. The van der Waals surface area contributed by atoms with Gasteiger partial charge in [-0.05, 0) is 39.3 Å². The molecule has 1 aliphatic rings. The average molecular weight is 315 g/mol. The molecule has 0 spiro atoms. The first-order valence-electron chi connectivity index (χ1n) is 7.80. The molecule has 1 atom stereocenters. The van der Waals surface area contributed by atoms with Crippen LogP contribution in [0.15, 0.2) is 12.1 Å². The number of carbonyl (C=O) groups excluding carboxylic acids is 1. The lowest BCUT2D eigenvalue weighted by molar-refractivity contribution is 0.0739. The van der Waals surface area contributed by atoms with Gasteiger partial charge in [0, 0.05) is 18.8 Å². The molecule has 0 aromatic carbocycles. The largest absolute Gasteiger partial charge is 0.387 e. The lowest BCUT2D eigenvalue weighted by atomic mass is 10.2. The van der Waals surface area contributed by atoms with Gasteiger partial charge < -0.3 is 10.0 Å². The van der Waals surface area contributed by atoms with E-state index < -0.39 is 6.10 Å². The van der Waals surface area contributed by atoms with E-state index in [1.807, 2.05) is 17.7 Å². The van der Waals surface area contributed by atoms with Crippen molar-refractivity contribution in [2.45, 2.75) is 46.4 Å². The van der Waals surface area contributed by atoms with Crippen LogP contribution in [0.5, 0.6) is 0 Å². The smallest absolute Gasteiger partial charge is 0.272 e. The van der Waals surface area contributed by atoms with Crippen molar-refractivity contribution in [1.29, 1.82) is 0 Å². The molecule has 122 valence electrons. The first-order valence-corrected chi connectivity index (χ1v) is 7.80. The van der Waals surface area contributed by atoms with Crippen LogP contribution in [0.3, 0.4) is 0 Å². The number of hydrogen-bond donors (Lipinski definition) is 1. The minimum absolute atomic E-state index is 0.0909. The normalized spacial score (nSPS) is 15.9. The van der Waals surface area contributed by atoms with Crippen LogP contribution < -0.4 is 0 Å². The van der Waals surface area contributed by atoms with Gasteiger partial charge in [0.1, 0.15) is 11.5 Å². The molecule has 2 aromatic heterocycles. The molecule has 3 heterocycles. The van der Waals surface area contributed by atoms with E-state index in [4.69, 9.17) is 0 Å². The fourth-order valence-electron chi connectivity index (χ4n) is 2.85. The lowest BCUT2D eigenvalue weighted by Crippen LogP contribution is -2.31. The third-order valence-corrected chi connectivity index (χ3v) is 3.93. The molecule has 0 saturated heterocycles. The monoisotopic (exact) mass is 315 g/mol. The molecule has 1 amide bonds. The summed E-state index contributed by atoms with van der Waals surface area (Å²) in [5.74, 6) is 0.511. The van der Waals surface area contributed by atoms with Crippen molar-refractivity contribution < 1.29 is 9.90 Å². The third kappa shape index (κ3) is 3.24. The SMILES string of the molecule is Cc1cc(C(=O)N2CCCn3nc(C(C)O)cc3C2)nc(C)n1. The second-order valence-corrected chi connectivity index (χ2v) is 5.98. The van der Waals surface area contributed by atoms with E-state index in [2.05, 4.69) is 15.1 Å². The molecule has 7 nitrogen and oxygen atoms in total. The number of aliphatic hydroxyl groups is 1. The highest BCUT2D eigenvalue weighted by Gasteiger charge is 2.23. The number of aromatic nitrogens is 4. The summed E-state index contributed by atoms with van der Waals surface area (Å²) in [6.45, 7) is 7.22. The number of fused-ring (bicyclic) bond motifs is 1. The molecule has 1 N–H and O–H groups in total. The zero-order chi connectivity index (χ0) is 16.6. The molecular weight excluding hydrogens is 294 g/mol. The summed E-state index contributed by atoms with van der Waals surface area (Å²) in [7, 11) is 0. The van der Waals surface area contributed by atoms with Crippen molar-refractivity contribution in [3.05, 3.63) is 40.7 Å². The average Bonchev–Trinajstić information content (AvgIpc) is 2.78. The summed E-state index contributed by atoms with van der Waals surface area (Å²) in [4.78, 5) is 23.0. The van der Waals surface area contributed by atoms with E-state index >= 15 is 0 Å². The van der Waals surface area contributed by atoms with E-state index in [1.54, 1.807) is 24.8 Å². The van der Waals surface area contributed by atoms with Gasteiger partial charge in [0.2, 0.25) is 0 Å². The second-order valence-electron chi connectivity index (χ2n) is 5.98. The Hall–Kier alpha value is -2.28. The molecule has 3 rings (SSSR count). The summed E-state index contributed by atoms with van der Waals surface area (Å²) in [5, 5.41) is 14.1. The van der Waals surface area contributed by atoms with Crippen molar-refractivity contribution in [2.24, 2.45) is 0 Å². The minimum Gasteiger partial charge on any atom is -0.387 e.